The summed E-state index contributed by atoms with van der Waals surface area (Å²) in [4.78, 5) is 26.6. The molecule has 0 aromatic carbocycles. The minimum Gasteiger partial charge on any atom is -0.299 e. The van der Waals surface area contributed by atoms with Crippen molar-refractivity contribution < 1.29 is 4.79 Å². The number of hydrogen-bond acceptors (Lipinski definition) is 6. The van der Waals surface area contributed by atoms with Crippen molar-refractivity contribution in [1.82, 2.24) is 19.7 Å². The van der Waals surface area contributed by atoms with Gasteiger partial charge < -0.3 is 0 Å². The zero-order valence-electron chi connectivity index (χ0n) is 13.9. The second-order valence-corrected chi connectivity index (χ2v) is 7.88. The second kappa shape index (κ2) is 5.51. The van der Waals surface area contributed by atoms with Gasteiger partial charge in [-0.25, -0.2) is 9.67 Å². The van der Waals surface area contributed by atoms with Crippen LogP contribution in [-0.2, 0) is 4.79 Å². The largest absolute Gasteiger partial charge is 0.299 e. The zero-order chi connectivity index (χ0) is 16.9. The van der Waals surface area contributed by atoms with Crippen molar-refractivity contribution >= 4 is 29.2 Å². The number of thioether (sulfide) groups is 1. The minimum absolute atomic E-state index is 0.0639. The Kier molecular flexibility index (Phi) is 3.56. The number of carbonyl (C=O) groups excluding carboxylic acids is 1. The van der Waals surface area contributed by atoms with E-state index in [9.17, 15) is 4.79 Å². The number of Topliss-reactive ketones (excluding diaryl/α,β-unsaturated/α-hetero) is 1. The number of pyridine rings is 1. The van der Waals surface area contributed by atoms with Gasteiger partial charge in [0.2, 0.25) is 11.1 Å². The van der Waals surface area contributed by atoms with Crippen molar-refractivity contribution in [3.05, 3.63) is 30.1 Å². The van der Waals surface area contributed by atoms with E-state index in [1.807, 2.05) is 24.5 Å². The van der Waals surface area contributed by atoms with Gasteiger partial charge in [0.1, 0.15) is 11.8 Å². The molecule has 0 saturated heterocycles. The monoisotopic (exact) mass is 341 g/mol. The number of fused-ring (bicyclic) bond motifs is 2. The highest BCUT2D eigenvalue weighted by molar-refractivity contribution is 7.98. The van der Waals surface area contributed by atoms with E-state index in [0.29, 0.717) is 17.5 Å². The van der Waals surface area contributed by atoms with Crippen LogP contribution in [0.5, 0.6) is 0 Å². The van der Waals surface area contributed by atoms with Crippen molar-refractivity contribution in [2.24, 2.45) is 16.3 Å². The summed E-state index contributed by atoms with van der Waals surface area (Å²) in [6.07, 6.45) is 5.04. The van der Waals surface area contributed by atoms with Crippen molar-refractivity contribution in [2.45, 2.75) is 37.9 Å². The van der Waals surface area contributed by atoms with Gasteiger partial charge in [-0.2, -0.15) is 4.98 Å². The molecule has 0 bridgehead atoms. The highest BCUT2D eigenvalue weighted by atomic mass is 32.2. The molecule has 2 aromatic heterocycles. The Balaban J connectivity index is 1.90. The topological polar surface area (TPSA) is 73.0 Å². The van der Waals surface area contributed by atoms with Gasteiger partial charge in [-0.05, 0) is 30.2 Å². The molecule has 0 N–H and O–H groups in total. The molecule has 0 spiro atoms. The lowest BCUT2D eigenvalue weighted by atomic mass is 9.68. The maximum absolute atomic E-state index is 12.9. The molecule has 2 aromatic rings. The van der Waals surface area contributed by atoms with Crippen LogP contribution in [0, 0.1) is 11.3 Å². The van der Waals surface area contributed by atoms with E-state index in [-0.39, 0.29) is 23.2 Å². The summed E-state index contributed by atoms with van der Waals surface area (Å²) in [7, 11) is 0. The van der Waals surface area contributed by atoms with Crippen LogP contribution in [0.1, 0.15) is 38.4 Å². The van der Waals surface area contributed by atoms with E-state index >= 15 is 0 Å². The van der Waals surface area contributed by atoms with Crippen LogP contribution in [-0.4, -0.2) is 37.5 Å². The molecule has 2 aliphatic rings. The SMILES string of the molecule is CSc1nc2n(n1)C(c1ccccn1)C1C(=O)CC(C)(C)CC1=N2. The van der Waals surface area contributed by atoms with Crippen LogP contribution in [0.3, 0.4) is 0 Å². The summed E-state index contributed by atoms with van der Waals surface area (Å²) >= 11 is 1.48. The van der Waals surface area contributed by atoms with E-state index in [2.05, 4.69) is 28.9 Å². The fraction of sp³-hybridized carbons (Fsp3) is 0.471. The molecule has 2 atom stereocenters. The second-order valence-electron chi connectivity index (χ2n) is 7.11. The zero-order valence-corrected chi connectivity index (χ0v) is 14.7. The third kappa shape index (κ3) is 2.47. The van der Waals surface area contributed by atoms with Crippen LogP contribution in [0.2, 0.25) is 0 Å². The van der Waals surface area contributed by atoms with Crippen LogP contribution in [0.4, 0.5) is 5.95 Å². The molecule has 0 amide bonds. The number of nitrogens with zero attached hydrogens (tertiary/aromatic N) is 5. The summed E-state index contributed by atoms with van der Waals surface area (Å²) in [5, 5.41) is 5.23. The molecule has 2 unspecified atom stereocenters. The third-order valence-electron chi connectivity index (χ3n) is 4.61. The lowest BCUT2D eigenvalue weighted by Crippen LogP contribution is -2.44. The molecule has 1 saturated carbocycles. The van der Waals surface area contributed by atoms with Crippen LogP contribution >= 0.6 is 11.8 Å². The first-order valence-electron chi connectivity index (χ1n) is 8.00. The Hall–Kier alpha value is -2.02. The standard InChI is InChI=1S/C17H19N5OS/c1-17(2)8-11-13(12(23)9-17)14(10-6-4-5-7-18-10)22-15(19-11)20-16(21-22)24-3/h4-7,13-14H,8-9H2,1-3H3. The van der Waals surface area contributed by atoms with Crippen LogP contribution in [0.15, 0.2) is 34.5 Å². The average molecular weight is 341 g/mol. The number of rotatable bonds is 2. The number of hydrogen-bond donors (Lipinski definition) is 0. The van der Waals surface area contributed by atoms with E-state index in [4.69, 9.17) is 4.99 Å². The summed E-state index contributed by atoms with van der Waals surface area (Å²) in [5.41, 5.74) is 1.69. The summed E-state index contributed by atoms with van der Waals surface area (Å²) in [5.74, 6) is 0.496. The maximum Gasteiger partial charge on any atom is 0.249 e. The van der Waals surface area contributed by atoms with Gasteiger partial charge in [0, 0.05) is 18.3 Å². The lowest BCUT2D eigenvalue weighted by Gasteiger charge is -2.39. The van der Waals surface area contributed by atoms with Gasteiger partial charge in [-0.1, -0.05) is 31.7 Å². The fourth-order valence-electron chi connectivity index (χ4n) is 3.66. The van der Waals surface area contributed by atoms with E-state index < -0.39 is 0 Å². The molecule has 0 radical (unpaired) electrons. The Labute approximate surface area is 144 Å². The summed E-state index contributed by atoms with van der Waals surface area (Å²) < 4.78 is 1.78. The van der Waals surface area contributed by atoms with Gasteiger partial charge in [-0.3, -0.25) is 9.78 Å². The Morgan fingerprint density at radius 2 is 2.12 bits per heavy atom. The van der Waals surface area contributed by atoms with Gasteiger partial charge in [0.15, 0.2) is 0 Å². The van der Waals surface area contributed by atoms with Crippen LogP contribution in [0.25, 0.3) is 0 Å². The average Bonchev–Trinajstić information content (AvgIpc) is 2.95. The van der Waals surface area contributed by atoms with Crippen molar-refractivity contribution in [1.29, 1.82) is 0 Å². The quantitative estimate of drug-likeness (QED) is 0.785. The molecule has 6 nitrogen and oxygen atoms in total. The molecule has 1 aliphatic carbocycles. The Bertz CT molecular complexity index is 827. The maximum atomic E-state index is 12.9. The van der Waals surface area contributed by atoms with Gasteiger partial charge in [-0.15, -0.1) is 5.10 Å². The molecule has 24 heavy (non-hydrogen) atoms. The van der Waals surface area contributed by atoms with Crippen molar-refractivity contribution in [3.8, 4) is 0 Å². The first-order chi connectivity index (χ1) is 11.5. The number of carbonyl (C=O) groups is 1. The molecule has 1 fully saturated rings. The Morgan fingerprint density at radius 1 is 1.29 bits per heavy atom. The van der Waals surface area contributed by atoms with E-state index in [0.717, 1.165) is 17.8 Å². The highest BCUT2D eigenvalue weighted by Crippen LogP contribution is 2.44. The molecule has 124 valence electrons. The third-order valence-corrected chi connectivity index (χ3v) is 5.15. The molecular formula is C17H19N5OS. The van der Waals surface area contributed by atoms with Gasteiger partial charge in [0.25, 0.3) is 0 Å². The summed E-state index contributed by atoms with van der Waals surface area (Å²) in [6, 6.07) is 5.51. The molecule has 4 rings (SSSR count). The number of ketones is 1. The minimum atomic E-state index is -0.295. The highest BCUT2D eigenvalue weighted by Gasteiger charge is 2.47. The predicted octanol–water partition coefficient (Wildman–Crippen LogP) is 3.08. The number of aliphatic imine (C=N–C) groups is 1. The Morgan fingerprint density at radius 3 is 2.83 bits per heavy atom. The van der Waals surface area contributed by atoms with Gasteiger partial charge >= 0.3 is 0 Å². The molecule has 1 aliphatic heterocycles. The molecular weight excluding hydrogens is 322 g/mol. The predicted molar refractivity (Wildman–Crippen MR) is 92.8 cm³/mol. The fourth-order valence-corrected chi connectivity index (χ4v) is 4.00. The first kappa shape index (κ1) is 15.5. The first-order valence-corrected chi connectivity index (χ1v) is 9.23. The molecule has 7 heteroatoms. The van der Waals surface area contributed by atoms with Gasteiger partial charge in [0.05, 0.1) is 11.6 Å². The number of aromatic nitrogens is 4. The smallest absolute Gasteiger partial charge is 0.249 e. The lowest BCUT2D eigenvalue weighted by molar-refractivity contribution is -0.124. The van der Waals surface area contributed by atoms with Crippen molar-refractivity contribution in [3.63, 3.8) is 0 Å². The molecule has 3 heterocycles. The van der Waals surface area contributed by atoms with Crippen LogP contribution < -0.4 is 0 Å². The van der Waals surface area contributed by atoms with Crippen molar-refractivity contribution in [2.75, 3.05) is 6.26 Å². The van der Waals surface area contributed by atoms with E-state index in [1.54, 1.807) is 10.9 Å². The summed E-state index contributed by atoms with van der Waals surface area (Å²) in [6.45, 7) is 4.23. The normalized spacial score (nSPS) is 25.0. The van der Waals surface area contributed by atoms with E-state index in [1.165, 1.54) is 11.8 Å².